The molecule has 0 aromatic rings. The molecule has 0 aliphatic carbocycles. The van der Waals surface area contributed by atoms with Crippen LogP contribution in [0.4, 0.5) is 0 Å². The van der Waals surface area contributed by atoms with Gasteiger partial charge in [0.25, 0.3) is 0 Å². The van der Waals surface area contributed by atoms with Crippen LogP contribution in [0.1, 0.15) is 0 Å². The maximum absolute atomic E-state index is 8.93. The molecular formula is C2CoMnNiO4. The van der Waals surface area contributed by atoms with E-state index < -0.39 is 11.9 Å². The summed E-state index contributed by atoms with van der Waals surface area (Å²) >= 11 is 0. The van der Waals surface area contributed by atoms with E-state index in [9.17, 15) is 0 Å². The molecule has 0 fully saturated rings. The summed E-state index contributed by atoms with van der Waals surface area (Å²) in [5.74, 6) is -4.37. The summed E-state index contributed by atoms with van der Waals surface area (Å²) < 4.78 is 0. The number of carbonyl (C=O) groups is 2. The Kier molecular flexibility index (Phi) is 28.5. The van der Waals surface area contributed by atoms with E-state index in [2.05, 4.69) is 0 Å². The van der Waals surface area contributed by atoms with E-state index in [4.69, 9.17) is 19.8 Å². The zero-order valence-electron chi connectivity index (χ0n) is 3.66. The Balaban J connectivity index is -0.0000000417. The summed E-state index contributed by atoms with van der Waals surface area (Å²) in [5.41, 5.74) is 0. The molecule has 4 nitrogen and oxygen atoms in total. The van der Waals surface area contributed by atoms with Crippen molar-refractivity contribution in [2.75, 3.05) is 0 Å². The first-order chi connectivity index (χ1) is 2.64. The Hall–Kier alpha value is 0.459. The summed E-state index contributed by atoms with van der Waals surface area (Å²) in [7, 11) is 0. The van der Waals surface area contributed by atoms with Crippen molar-refractivity contribution in [1.82, 2.24) is 0 Å². The van der Waals surface area contributed by atoms with Gasteiger partial charge in [-0.25, -0.2) is 0 Å². The van der Waals surface area contributed by atoms with Crippen LogP contribution < -0.4 is 10.2 Å². The molecule has 0 rings (SSSR count). The Morgan fingerprint density at radius 2 is 1.11 bits per heavy atom. The quantitative estimate of drug-likeness (QED) is 0.334. The van der Waals surface area contributed by atoms with Crippen molar-refractivity contribution in [3.8, 4) is 0 Å². The minimum Gasteiger partial charge on any atom is -0.543 e. The smallest absolute Gasteiger partial charge is 0.543 e. The fourth-order valence-electron chi connectivity index (χ4n) is 0. The van der Waals surface area contributed by atoms with Gasteiger partial charge in [0.05, 0.1) is 11.9 Å². The van der Waals surface area contributed by atoms with Gasteiger partial charge in [-0.15, -0.1) is 0 Å². The predicted molar refractivity (Wildman–Crippen MR) is 10.0 cm³/mol. The third-order valence-corrected chi connectivity index (χ3v) is 0.167. The zero-order valence-corrected chi connectivity index (χ0v) is 6.87. The second kappa shape index (κ2) is 11.3. The van der Waals surface area contributed by atoms with Gasteiger partial charge in [-0.3, -0.25) is 0 Å². The zero-order chi connectivity index (χ0) is 5.15. The SMILES string of the molecule is O=C([O-])C(=O)[O-].[Co].[Mn+2].[Ni]. The van der Waals surface area contributed by atoms with Gasteiger partial charge in [0, 0.05) is 33.3 Å². The Labute approximate surface area is 82.0 Å². The fourth-order valence-corrected chi connectivity index (χ4v) is 0. The summed E-state index contributed by atoms with van der Waals surface area (Å²) in [5, 5.41) is 17.9. The molecule has 0 bridgehead atoms. The molecule has 0 N–H and O–H groups in total. The van der Waals surface area contributed by atoms with E-state index in [1.807, 2.05) is 0 Å². The normalized spacial score (nSPS) is 4.89. The van der Waals surface area contributed by atoms with Gasteiger partial charge in [0.1, 0.15) is 0 Å². The number of carboxylic acid groups (broad SMARTS) is 2. The van der Waals surface area contributed by atoms with Crippen molar-refractivity contribution in [3.05, 3.63) is 0 Å². The first kappa shape index (κ1) is 22.7. The number of hydrogen-bond donors (Lipinski definition) is 0. The van der Waals surface area contributed by atoms with Crippen molar-refractivity contribution in [2.24, 2.45) is 0 Å². The molecular weight excluding hydrogens is 261 g/mol. The molecule has 7 heteroatoms. The van der Waals surface area contributed by atoms with Crippen molar-refractivity contribution in [2.45, 2.75) is 0 Å². The Morgan fingerprint density at radius 3 is 1.11 bits per heavy atom. The summed E-state index contributed by atoms with van der Waals surface area (Å²) in [6.07, 6.45) is 0. The van der Waals surface area contributed by atoms with Crippen LogP contribution in [0.2, 0.25) is 0 Å². The van der Waals surface area contributed by atoms with Crippen molar-refractivity contribution >= 4 is 11.9 Å². The largest absolute Gasteiger partial charge is 2.00 e. The third kappa shape index (κ3) is 17.7. The summed E-state index contributed by atoms with van der Waals surface area (Å²) in [6.45, 7) is 0. The van der Waals surface area contributed by atoms with Crippen LogP contribution in [0.15, 0.2) is 0 Å². The van der Waals surface area contributed by atoms with E-state index in [1.165, 1.54) is 0 Å². The molecule has 0 aromatic heterocycles. The van der Waals surface area contributed by atoms with Crippen LogP contribution >= 0.6 is 0 Å². The number of rotatable bonds is 0. The molecule has 0 saturated heterocycles. The topological polar surface area (TPSA) is 80.3 Å². The van der Waals surface area contributed by atoms with Crippen LogP contribution in [0.5, 0.6) is 0 Å². The second-order valence-corrected chi connectivity index (χ2v) is 0.575. The molecule has 0 aliphatic heterocycles. The van der Waals surface area contributed by atoms with Gasteiger partial charge in [0.2, 0.25) is 0 Å². The van der Waals surface area contributed by atoms with E-state index in [0.717, 1.165) is 0 Å². The van der Waals surface area contributed by atoms with Gasteiger partial charge in [0.15, 0.2) is 0 Å². The standard InChI is InChI=1S/C2H2O4.Co.Mn.Ni/c3-1(4)2(5)6;;;/h(H,3,4)(H,5,6);;;/q;;+2;/p-2. The van der Waals surface area contributed by atoms with E-state index >= 15 is 0 Å². The first-order valence-corrected chi connectivity index (χ1v) is 1.07. The molecule has 0 spiro atoms. The summed E-state index contributed by atoms with van der Waals surface area (Å²) in [6, 6.07) is 0. The van der Waals surface area contributed by atoms with Crippen LogP contribution in [0, 0.1) is 0 Å². The van der Waals surface area contributed by atoms with E-state index in [-0.39, 0.29) is 50.3 Å². The second-order valence-electron chi connectivity index (χ2n) is 0.575. The van der Waals surface area contributed by atoms with Gasteiger partial charge in [-0.1, -0.05) is 0 Å². The minimum atomic E-state index is -2.19. The molecule has 0 aromatic carbocycles. The Bertz CT molecular complexity index is 84.6. The molecule has 0 saturated carbocycles. The maximum atomic E-state index is 8.93. The van der Waals surface area contributed by atoms with Crippen LogP contribution in [0.3, 0.4) is 0 Å². The van der Waals surface area contributed by atoms with Gasteiger partial charge in [-0.2, -0.15) is 0 Å². The van der Waals surface area contributed by atoms with Gasteiger partial charge >= 0.3 is 17.1 Å². The average molecular weight is 261 g/mol. The van der Waals surface area contributed by atoms with Crippen molar-refractivity contribution in [1.29, 1.82) is 0 Å². The fraction of sp³-hybridized carbons (Fsp3) is 0. The number of carbonyl (C=O) groups excluding carboxylic acids is 2. The molecule has 0 atom stereocenters. The molecule has 9 heavy (non-hydrogen) atoms. The number of aliphatic carboxylic acids is 2. The Morgan fingerprint density at radius 1 is 1.00 bits per heavy atom. The summed E-state index contributed by atoms with van der Waals surface area (Å²) in [4.78, 5) is 17.9. The van der Waals surface area contributed by atoms with Crippen LogP contribution in [-0.4, -0.2) is 11.9 Å². The first-order valence-electron chi connectivity index (χ1n) is 1.07. The molecule has 58 valence electrons. The van der Waals surface area contributed by atoms with Gasteiger partial charge in [-0.05, 0) is 0 Å². The molecule has 0 aliphatic rings. The van der Waals surface area contributed by atoms with E-state index in [1.54, 1.807) is 0 Å². The molecule has 0 amide bonds. The molecule has 2 radical (unpaired) electrons. The van der Waals surface area contributed by atoms with Crippen molar-refractivity contribution < 1.29 is 70.1 Å². The van der Waals surface area contributed by atoms with E-state index in [0.29, 0.717) is 0 Å². The predicted octanol–water partition coefficient (Wildman–Crippen LogP) is -3.52. The van der Waals surface area contributed by atoms with Crippen LogP contribution in [-0.2, 0) is 59.9 Å². The van der Waals surface area contributed by atoms with Crippen molar-refractivity contribution in [3.63, 3.8) is 0 Å². The van der Waals surface area contributed by atoms with Crippen LogP contribution in [0.25, 0.3) is 0 Å². The maximum Gasteiger partial charge on any atom is 2.00 e. The number of carboxylic acids is 2. The third-order valence-electron chi connectivity index (χ3n) is 0.167. The molecule has 0 heterocycles. The van der Waals surface area contributed by atoms with Gasteiger partial charge < -0.3 is 19.8 Å². The minimum absolute atomic E-state index is 0. The number of hydrogen-bond acceptors (Lipinski definition) is 4. The molecule has 0 unspecified atom stereocenters. The average Bonchev–Trinajstić information content (AvgIpc) is 1.36. The monoisotopic (exact) mass is 260 g/mol.